The first-order chi connectivity index (χ1) is 15.9. The summed E-state index contributed by atoms with van der Waals surface area (Å²) in [5.41, 5.74) is 0.252. The highest BCUT2D eigenvalue weighted by atomic mass is 19.1. The Balaban J connectivity index is 1.68. The number of hydrogen-bond donors (Lipinski definition) is 4. The van der Waals surface area contributed by atoms with E-state index in [1.165, 1.54) is 25.3 Å². The van der Waals surface area contributed by atoms with E-state index in [-0.39, 0.29) is 29.1 Å². The van der Waals surface area contributed by atoms with E-state index in [2.05, 4.69) is 37.5 Å². The number of rotatable bonds is 8. The van der Waals surface area contributed by atoms with Crippen molar-refractivity contribution < 1.29 is 23.4 Å². The Morgan fingerprint density at radius 1 is 1.27 bits per heavy atom. The molecular weight excluding hydrogens is 434 g/mol. The van der Waals surface area contributed by atoms with Crippen molar-refractivity contribution in [1.82, 2.24) is 20.3 Å². The van der Waals surface area contributed by atoms with Crippen LogP contribution in [0.2, 0.25) is 0 Å². The molecule has 3 aromatic rings. The number of hydrogen-bond acceptors (Lipinski definition) is 9. The maximum atomic E-state index is 14.8. The van der Waals surface area contributed by atoms with E-state index in [1.807, 2.05) is 0 Å². The Labute approximate surface area is 188 Å². The fraction of sp³-hybridized carbons (Fsp3) is 0.318. The molecular formula is C22H24F2N6O3. The number of methoxy groups -OCH3 is 1. The molecule has 0 amide bonds. The minimum Gasteiger partial charge on any atom is -0.494 e. The second kappa shape index (κ2) is 9.61. The highest BCUT2D eigenvalue weighted by molar-refractivity contribution is 5.91. The maximum absolute atomic E-state index is 14.8. The molecule has 1 fully saturated rings. The Kier molecular flexibility index (Phi) is 6.63. The quantitative estimate of drug-likeness (QED) is 0.298. The Morgan fingerprint density at radius 3 is 2.79 bits per heavy atom. The zero-order valence-electron chi connectivity index (χ0n) is 18.1. The molecule has 11 heteroatoms. The monoisotopic (exact) mass is 458 g/mol. The van der Waals surface area contributed by atoms with Gasteiger partial charge in [-0.05, 0) is 24.3 Å². The number of fused-ring (bicyclic) bond motifs is 1. The van der Waals surface area contributed by atoms with Crippen molar-refractivity contribution in [1.29, 1.82) is 0 Å². The molecule has 33 heavy (non-hydrogen) atoms. The van der Waals surface area contributed by atoms with E-state index in [0.29, 0.717) is 35.9 Å². The number of benzene rings is 1. The van der Waals surface area contributed by atoms with Crippen LogP contribution in [0.1, 0.15) is 0 Å². The Morgan fingerprint density at radius 2 is 2.06 bits per heavy atom. The lowest BCUT2D eigenvalue weighted by atomic mass is 10.1. The van der Waals surface area contributed by atoms with Crippen molar-refractivity contribution in [2.24, 2.45) is 0 Å². The van der Waals surface area contributed by atoms with Crippen molar-refractivity contribution in [2.75, 3.05) is 38.0 Å². The van der Waals surface area contributed by atoms with E-state index >= 15 is 0 Å². The Hall–Kier alpha value is -3.41. The van der Waals surface area contributed by atoms with E-state index in [9.17, 15) is 13.9 Å². The molecule has 3 heterocycles. The number of aromatic nitrogens is 3. The SMILES string of the molecule is C=CC(O)N[C@H]1COC[C@H]1Nc1ncc2cc(-c3c(F)ccc(OC)c3F)nc(NC)c2n1. The van der Waals surface area contributed by atoms with Crippen molar-refractivity contribution in [3.8, 4) is 17.0 Å². The third-order valence-corrected chi connectivity index (χ3v) is 5.34. The van der Waals surface area contributed by atoms with Crippen LogP contribution in [-0.2, 0) is 4.74 Å². The molecule has 174 valence electrons. The van der Waals surface area contributed by atoms with Gasteiger partial charge in [-0.3, -0.25) is 5.32 Å². The number of ether oxygens (including phenoxy) is 2. The minimum atomic E-state index is -0.866. The summed E-state index contributed by atoms with van der Waals surface area (Å²) in [6.45, 7) is 4.35. The van der Waals surface area contributed by atoms with Crippen LogP contribution >= 0.6 is 0 Å². The van der Waals surface area contributed by atoms with Gasteiger partial charge in [0, 0.05) is 18.6 Å². The van der Waals surface area contributed by atoms with Gasteiger partial charge in [0.15, 0.2) is 17.4 Å². The van der Waals surface area contributed by atoms with Gasteiger partial charge < -0.3 is 25.2 Å². The number of halogens is 2. The predicted octanol–water partition coefficient (Wildman–Crippen LogP) is 2.29. The first-order valence-corrected chi connectivity index (χ1v) is 10.2. The molecule has 4 rings (SSSR count). The lowest BCUT2D eigenvalue weighted by Gasteiger charge is -2.22. The maximum Gasteiger partial charge on any atom is 0.223 e. The number of aliphatic hydroxyl groups excluding tert-OH is 1. The molecule has 0 saturated carbocycles. The third-order valence-electron chi connectivity index (χ3n) is 5.34. The van der Waals surface area contributed by atoms with Crippen LogP contribution in [0.3, 0.4) is 0 Å². The molecule has 0 aliphatic carbocycles. The lowest BCUT2D eigenvalue weighted by molar-refractivity contribution is 0.149. The molecule has 1 aliphatic rings. The average molecular weight is 458 g/mol. The van der Waals surface area contributed by atoms with Gasteiger partial charge in [0.05, 0.1) is 43.7 Å². The second-order valence-corrected chi connectivity index (χ2v) is 7.42. The molecule has 1 saturated heterocycles. The summed E-state index contributed by atoms with van der Waals surface area (Å²) < 4.78 is 39.7. The van der Waals surface area contributed by atoms with E-state index < -0.39 is 17.9 Å². The molecule has 0 radical (unpaired) electrons. The van der Waals surface area contributed by atoms with Crippen molar-refractivity contribution in [3.63, 3.8) is 0 Å². The van der Waals surface area contributed by atoms with E-state index in [0.717, 1.165) is 6.07 Å². The molecule has 0 bridgehead atoms. The normalized spacial score (nSPS) is 18.8. The van der Waals surface area contributed by atoms with Gasteiger partial charge in [0.1, 0.15) is 17.6 Å². The molecule has 2 aromatic heterocycles. The lowest BCUT2D eigenvalue weighted by Crippen LogP contribution is -2.47. The molecule has 1 aromatic carbocycles. The van der Waals surface area contributed by atoms with Crippen molar-refractivity contribution in [2.45, 2.75) is 18.3 Å². The van der Waals surface area contributed by atoms with Gasteiger partial charge in [-0.2, -0.15) is 0 Å². The van der Waals surface area contributed by atoms with Crippen LogP contribution in [0.4, 0.5) is 20.5 Å². The summed E-state index contributed by atoms with van der Waals surface area (Å²) in [5, 5.41) is 19.4. The van der Waals surface area contributed by atoms with E-state index in [4.69, 9.17) is 9.47 Å². The van der Waals surface area contributed by atoms with Crippen LogP contribution < -0.4 is 20.7 Å². The minimum absolute atomic E-state index is 0.0805. The van der Waals surface area contributed by atoms with Gasteiger partial charge in [0.2, 0.25) is 5.95 Å². The Bertz CT molecular complexity index is 1180. The van der Waals surface area contributed by atoms with Crippen LogP contribution in [0.5, 0.6) is 5.75 Å². The zero-order chi connectivity index (χ0) is 23.5. The summed E-state index contributed by atoms with van der Waals surface area (Å²) in [4.78, 5) is 13.2. The number of aliphatic hydroxyl groups is 1. The van der Waals surface area contributed by atoms with Gasteiger partial charge in [0.25, 0.3) is 0 Å². The standard InChI is InChI=1S/C22H24F2N6O3/c1-4-17(31)27-14-9-33-10-15(14)29-22-26-8-11-7-13(28-21(25-2)20(11)30-22)18-12(23)5-6-16(32-3)19(18)24/h4-8,14-15,17,27,31H,1,9-10H2,2-3H3,(H,25,28)(H,26,29,30)/t14-,15+,17?/m0/s1. The molecule has 1 unspecified atom stereocenters. The summed E-state index contributed by atoms with van der Waals surface area (Å²) in [7, 11) is 2.95. The molecule has 4 N–H and O–H groups in total. The van der Waals surface area contributed by atoms with Crippen LogP contribution in [0.15, 0.2) is 37.1 Å². The summed E-state index contributed by atoms with van der Waals surface area (Å²) in [6, 6.07) is 3.49. The van der Waals surface area contributed by atoms with Crippen molar-refractivity contribution in [3.05, 3.63) is 48.7 Å². The zero-order valence-corrected chi connectivity index (χ0v) is 18.1. The summed E-state index contributed by atoms with van der Waals surface area (Å²) in [5.74, 6) is -1.04. The molecule has 0 spiro atoms. The molecule has 3 atom stereocenters. The average Bonchev–Trinajstić information content (AvgIpc) is 3.24. The number of pyridine rings is 1. The van der Waals surface area contributed by atoms with Crippen LogP contribution in [-0.4, -0.2) is 65.7 Å². The summed E-state index contributed by atoms with van der Waals surface area (Å²) in [6.07, 6.45) is 2.07. The number of nitrogens with zero attached hydrogens (tertiary/aromatic N) is 3. The van der Waals surface area contributed by atoms with Gasteiger partial charge in [-0.15, -0.1) is 0 Å². The largest absolute Gasteiger partial charge is 0.494 e. The van der Waals surface area contributed by atoms with Crippen LogP contribution in [0, 0.1) is 11.6 Å². The highest BCUT2D eigenvalue weighted by Crippen LogP contribution is 2.33. The topological polar surface area (TPSA) is 113 Å². The smallest absolute Gasteiger partial charge is 0.223 e. The first-order valence-electron chi connectivity index (χ1n) is 10.2. The third kappa shape index (κ3) is 4.56. The van der Waals surface area contributed by atoms with Crippen LogP contribution in [0.25, 0.3) is 22.2 Å². The fourth-order valence-electron chi connectivity index (χ4n) is 3.65. The van der Waals surface area contributed by atoms with E-state index in [1.54, 1.807) is 13.2 Å². The molecule has 1 aliphatic heterocycles. The predicted molar refractivity (Wildman–Crippen MR) is 120 cm³/mol. The molecule has 9 nitrogen and oxygen atoms in total. The fourth-order valence-corrected chi connectivity index (χ4v) is 3.65. The number of anilines is 2. The highest BCUT2D eigenvalue weighted by Gasteiger charge is 2.30. The second-order valence-electron chi connectivity index (χ2n) is 7.42. The van der Waals surface area contributed by atoms with Gasteiger partial charge in [-0.1, -0.05) is 6.58 Å². The van der Waals surface area contributed by atoms with Crippen molar-refractivity contribution >= 4 is 22.7 Å². The number of nitrogens with one attached hydrogen (secondary N) is 3. The first kappa shape index (κ1) is 22.8. The van der Waals surface area contributed by atoms with Gasteiger partial charge >= 0.3 is 0 Å². The summed E-state index contributed by atoms with van der Waals surface area (Å²) >= 11 is 0. The van der Waals surface area contributed by atoms with Gasteiger partial charge in [-0.25, -0.2) is 23.7 Å².